The van der Waals surface area contributed by atoms with Gasteiger partial charge in [0.15, 0.2) is 5.43 Å². The first-order valence-electron chi connectivity index (χ1n) is 10.9. The van der Waals surface area contributed by atoms with Gasteiger partial charge in [-0.2, -0.15) is 0 Å². The molecule has 0 amide bonds. The zero-order valence-electron chi connectivity index (χ0n) is 18.9. The molecular formula is C24H29IN2O5. The number of pyridine rings is 1. The van der Waals surface area contributed by atoms with Crippen molar-refractivity contribution in [1.82, 2.24) is 4.68 Å². The summed E-state index contributed by atoms with van der Waals surface area (Å²) in [5.74, 6) is 0.227. The average molecular weight is 552 g/mol. The Kier molecular flexibility index (Phi) is 6.53. The minimum atomic E-state index is -0.585. The molecule has 2 aromatic rings. The third-order valence-corrected chi connectivity index (χ3v) is 7.18. The lowest BCUT2D eigenvalue weighted by atomic mass is 9.94. The van der Waals surface area contributed by atoms with Gasteiger partial charge in [0.25, 0.3) is 0 Å². The number of methoxy groups -OCH3 is 1. The molecule has 1 unspecified atom stereocenters. The minimum absolute atomic E-state index is 0.0589. The molecule has 8 heteroatoms. The number of aromatic nitrogens is 1. The molecule has 0 N–H and O–H groups in total. The van der Waals surface area contributed by atoms with Crippen molar-refractivity contribution in [1.29, 1.82) is 0 Å². The van der Waals surface area contributed by atoms with Crippen molar-refractivity contribution in [3.8, 4) is 17.0 Å². The van der Waals surface area contributed by atoms with Gasteiger partial charge in [0.2, 0.25) is 0 Å². The van der Waals surface area contributed by atoms with Gasteiger partial charge in [-0.15, -0.1) is 0 Å². The van der Waals surface area contributed by atoms with Gasteiger partial charge in [-0.1, -0.05) is 22.6 Å². The lowest BCUT2D eigenvalue weighted by molar-refractivity contribution is 0.0523. The predicted molar refractivity (Wildman–Crippen MR) is 132 cm³/mol. The van der Waals surface area contributed by atoms with Gasteiger partial charge in [0.1, 0.15) is 11.3 Å². The number of alkyl halides is 1. The van der Waals surface area contributed by atoms with Gasteiger partial charge in [-0.3, -0.25) is 14.5 Å². The van der Waals surface area contributed by atoms with E-state index in [1.807, 2.05) is 16.8 Å². The van der Waals surface area contributed by atoms with Crippen LogP contribution in [0.4, 0.5) is 0 Å². The summed E-state index contributed by atoms with van der Waals surface area (Å²) < 4.78 is 18.5. The van der Waals surface area contributed by atoms with Crippen LogP contribution in [0.25, 0.3) is 11.3 Å². The van der Waals surface area contributed by atoms with E-state index in [9.17, 15) is 9.59 Å². The molecule has 0 bridgehead atoms. The lowest BCUT2D eigenvalue weighted by Gasteiger charge is -2.44. The van der Waals surface area contributed by atoms with Gasteiger partial charge < -0.3 is 14.2 Å². The fourth-order valence-electron chi connectivity index (χ4n) is 4.73. The zero-order valence-corrected chi connectivity index (χ0v) is 21.0. The Hall–Kier alpha value is -2.07. The van der Waals surface area contributed by atoms with Crippen LogP contribution in [0.15, 0.2) is 35.3 Å². The molecule has 0 spiro atoms. The van der Waals surface area contributed by atoms with Crippen molar-refractivity contribution in [2.24, 2.45) is 0 Å². The molecule has 32 heavy (non-hydrogen) atoms. The van der Waals surface area contributed by atoms with Crippen molar-refractivity contribution in [3.63, 3.8) is 0 Å². The molecule has 1 saturated heterocycles. The first-order chi connectivity index (χ1) is 15.3. The highest BCUT2D eigenvalue weighted by molar-refractivity contribution is 14.1. The Morgan fingerprint density at radius 1 is 1.25 bits per heavy atom. The molecule has 3 heterocycles. The topological polar surface area (TPSA) is 70.0 Å². The second kappa shape index (κ2) is 9.05. The van der Waals surface area contributed by atoms with E-state index in [0.717, 1.165) is 35.4 Å². The maximum atomic E-state index is 12.8. The fraction of sp³-hybridized carbons (Fsp3) is 0.500. The van der Waals surface area contributed by atoms with Gasteiger partial charge in [0.05, 0.1) is 30.5 Å². The summed E-state index contributed by atoms with van der Waals surface area (Å²) in [7, 11) is 1.68. The molecule has 4 rings (SSSR count). The summed E-state index contributed by atoms with van der Waals surface area (Å²) in [6, 6.07) is 7.70. The first kappa shape index (κ1) is 23.1. The quantitative estimate of drug-likeness (QED) is 0.223. The molecule has 7 nitrogen and oxygen atoms in total. The van der Waals surface area contributed by atoms with Crippen LogP contribution >= 0.6 is 22.6 Å². The third kappa shape index (κ3) is 4.03. The Balaban J connectivity index is 1.83. The van der Waals surface area contributed by atoms with Crippen LogP contribution in [0, 0.1) is 0 Å². The minimum Gasteiger partial charge on any atom is -0.493 e. The van der Waals surface area contributed by atoms with Crippen LogP contribution in [0.5, 0.6) is 5.75 Å². The second-order valence-electron chi connectivity index (χ2n) is 8.77. The van der Waals surface area contributed by atoms with Crippen molar-refractivity contribution in [2.45, 2.75) is 49.1 Å². The summed E-state index contributed by atoms with van der Waals surface area (Å²) in [6.07, 6.45) is 3.44. The highest BCUT2D eigenvalue weighted by Crippen LogP contribution is 2.51. The SMILES string of the molecule is CCOC(=O)c1cn2c(cc1=O)-c1ccc(OCCCOC)cc1C1[C@H](I)CC(C)(C)N12. The van der Waals surface area contributed by atoms with Crippen molar-refractivity contribution in [3.05, 3.63) is 51.8 Å². The third-order valence-electron chi connectivity index (χ3n) is 6.06. The summed E-state index contributed by atoms with van der Waals surface area (Å²) in [6.45, 7) is 7.59. The van der Waals surface area contributed by atoms with Crippen LogP contribution in [0.1, 0.15) is 55.6 Å². The summed E-state index contributed by atoms with van der Waals surface area (Å²) in [5.41, 5.74) is 2.47. The number of halogens is 1. The van der Waals surface area contributed by atoms with Crippen LogP contribution in [-0.2, 0) is 9.47 Å². The van der Waals surface area contributed by atoms with Gasteiger partial charge in [0, 0.05) is 41.9 Å². The zero-order chi connectivity index (χ0) is 23.0. The molecule has 1 fully saturated rings. The average Bonchev–Trinajstić information content (AvgIpc) is 2.99. The number of rotatable bonds is 7. The molecular weight excluding hydrogens is 523 g/mol. The van der Waals surface area contributed by atoms with Gasteiger partial charge >= 0.3 is 5.97 Å². The van der Waals surface area contributed by atoms with Crippen molar-refractivity contribution in [2.75, 3.05) is 31.9 Å². The number of hydrogen-bond acceptors (Lipinski definition) is 6. The standard InChI is InChI=1S/C24H29IN2O5/c1-5-31-23(29)18-14-26-20(12-21(18)28)16-8-7-15(32-10-6-9-30-4)11-17(16)22-19(25)13-24(2,3)27(22)26/h7-8,11-12,14,19,22H,5-6,9-10,13H2,1-4H3/t19-,22?/m1/s1. The summed E-state index contributed by atoms with van der Waals surface area (Å²) in [5, 5.41) is 2.29. The number of carbonyl (C=O) groups is 1. The van der Waals surface area contributed by atoms with Crippen molar-refractivity contribution < 1.29 is 19.0 Å². The van der Waals surface area contributed by atoms with Crippen LogP contribution in [0.3, 0.4) is 0 Å². The fourth-order valence-corrected chi connectivity index (χ4v) is 6.50. The van der Waals surface area contributed by atoms with E-state index < -0.39 is 5.97 Å². The number of benzene rings is 1. The molecule has 0 radical (unpaired) electrons. The maximum Gasteiger partial charge on any atom is 0.343 e. The molecule has 172 valence electrons. The highest BCUT2D eigenvalue weighted by Gasteiger charge is 2.49. The second-order valence-corrected chi connectivity index (χ2v) is 10.4. The van der Waals surface area contributed by atoms with Crippen LogP contribution < -0.4 is 15.2 Å². The molecule has 0 saturated carbocycles. The van der Waals surface area contributed by atoms with E-state index in [1.165, 1.54) is 0 Å². The molecule has 0 aliphatic carbocycles. The molecule has 2 atom stereocenters. The van der Waals surface area contributed by atoms with E-state index in [-0.39, 0.29) is 29.2 Å². The summed E-state index contributed by atoms with van der Waals surface area (Å²) in [4.78, 5) is 25.3. The van der Waals surface area contributed by atoms with Crippen molar-refractivity contribution >= 4 is 28.6 Å². The van der Waals surface area contributed by atoms with E-state index >= 15 is 0 Å². The smallest absolute Gasteiger partial charge is 0.343 e. The number of carbonyl (C=O) groups excluding carboxylic acids is 1. The molecule has 2 aliphatic rings. The summed E-state index contributed by atoms with van der Waals surface area (Å²) >= 11 is 2.52. The van der Waals surface area contributed by atoms with E-state index in [0.29, 0.717) is 17.1 Å². The number of fused-ring (bicyclic) bond motifs is 6. The number of ether oxygens (including phenoxy) is 3. The number of esters is 1. The largest absolute Gasteiger partial charge is 0.493 e. The highest BCUT2D eigenvalue weighted by atomic mass is 127. The Bertz CT molecular complexity index is 1080. The molecule has 2 aliphatic heterocycles. The van der Waals surface area contributed by atoms with E-state index in [1.54, 1.807) is 26.3 Å². The number of hydrogen-bond donors (Lipinski definition) is 0. The first-order valence-corrected chi connectivity index (χ1v) is 12.2. The van der Waals surface area contributed by atoms with E-state index in [4.69, 9.17) is 14.2 Å². The monoisotopic (exact) mass is 552 g/mol. The van der Waals surface area contributed by atoms with Crippen LogP contribution in [0.2, 0.25) is 0 Å². The normalized spacial score (nSPS) is 20.3. The Morgan fingerprint density at radius 2 is 2.03 bits per heavy atom. The lowest BCUT2D eigenvalue weighted by Crippen LogP contribution is -2.50. The number of nitrogens with zero attached hydrogens (tertiary/aromatic N) is 2. The molecule has 1 aromatic carbocycles. The van der Waals surface area contributed by atoms with Gasteiger partial charge in [-0.25, -0.2) is 4.79 Å². The maximum absolute atomic E-state index is 12.8. The van der Waals surface area contributed by atoms with E-state index in [2.05, 4.69) is 47.5 Å². The Labute approximate surface area is 201 Å². The van der Waals surface area contributed by atoms with Crippen LogP contribution in [-0.4, -0.2) is 47.0 Å². The predicted octanol–water partition coefficient (Wildman–Crippen LogP) is 4.09. The Morgan fingerprint density at radius 3 is 2.75 bits per heavy atom. The molecule has 1 aromatic heterocycles. The van der Waals surface area contributed by atoms with Gasteiger partial charge in [-0.05, 0) is 51.0 Å².